The van der Waals surface area contributed by atoms with E-state index in [1.165, 1.54) is 60.9 Å². The van der Waals surface area contributed by atoms with Gasteiger partial charge < -0.3 is 25.4 Å². The van der Waals surface area contributed by atoms with E-state index in [1.54, 1.807) is 29.6 Å². The van der Waals surface area contributed by atoms with Crippen LogP contribution in [0.2, 0.25) is 0 Å². The monoisotopic (exact) mass is 1510 g/mol. The number of fused-ring (bicyclic) bond motifs is 2. The summed E-state index contributed by atoms with van der Waals surface area (Å²) >= 11 is 6.18. The van der Waals surface area contributed by atoms with E-state index in [1.807, 2.05) is 76.4 Å². The Morgan fingerprint density at radius 1 is 0.432 bits per heavy atom. The van der Waals surface area contributed by atoms with Crippen LogP contribution in [0, 0.1) is 18.2 Å². The molecule has 0 aliphatic rings. The first-order valence-corrected chi connectivity index (χ1v) is 28.2. The number of pyridine rings is 2. The summed E-state index contributed by atoms with van der Waals surface area (Å²) in [6, 6.07) is 56.7. The van der Waals surface area contributed by atoms with Gasteiger partial charge in [-0.2, -0.15) is 44.7 Å². The molecule has 424 valence electrons. The molecule has 2 radical (unpaired) electrons. The maximum atomic E-state index is 7.57. The molecule has 0 saturated carbocycles. The second kappa shape index (κ2) is 38.3. The van der Waals surface area contributed by atoms with Crippen molar-refractivity contribution in [3.63, 3.8) is 0 Å². The summed E-state index contributed by atoms with van der Waals surface area (Å²) in [5.74, 6) is 3.21. The van der Waals surface area contributed by atoms with Gasteiger partial charge in [0, 0.05) is 86.1 Å². The van der Waals surface area contributed by atoms with Crippen LogP contribution in [0.4, 0.5) is 0 Å². The number of thiophene rings is 4. The van der Waals surface area contributed by atoms with Crippen LogP contribution in [-0.2, 0) is 40.2 Å². The summed E-state index contributed by atoms with van der Waals surface area (Å²) in [7, 11) is 3.00. The van der Waals surface area contributed by atoms with Crippen LogP contribution in [0.5, 0.6) is 0 Å². The van der Waals surface area contributed by atoms with Crippen molar-refractivity contribution in [2.45, 2.75) is 46.5 Å². The number of benzene rings is 4. The zero-order valence-corrected chi connectivity index (χ0v) is 53.7. The minimum absolute atomic E-state index is 0. The Labute approximate surface area is 516 Å². The van der Waals surface area contributed by atoms with Crippen molar-refractivity contribution in [1.29, 1.82) is 0 Å². The number of aliphatic hydroxyl groups excluding tert-OH is 4. The largest absolute Gasteiger partial charge is 0.400 e. The van der Waals surface area contributed by atoms with Crippen LogP contribution in [-0.4, -0.2) is 99.1 Å². The number of aliphatic hydroxyl groups is 4. The molecule has 0 bridgehead atoms. The number of aromatic nitrogens is 10. The van der Waals surface area contributed by atoms with Crippen molar-refractivity contribution < 1.29 is 60.6 Å². The Morgan fingerprint density at radius 2 is 0.852 bits per heavy atom. The Hall–Kier alpha value is -6.48. The third kappa shape index (κ3) is 20.5. The van der Waals surface area contributed by atoms with E-state index in [2.05, 4.69) is 194 Å². The second-order valence-electron chi connectivity index (χ2n) is 16.4. The minimum Gasteiger partial charge on any atom is -0.400 e. The van der Waals surface area contributed by atoms with Gasteiger partial charge in [-0.3, -0.25) is 4.98 Å². The number of nitrogens with zero attached hydrogens (tertiary/aromatic N) is 10. The first-order valence-electron chi connectivity index (χ1n) is 24.7. The van der Waals surface area contributed by atoms with Crippen molar-refractivity contribution in [2.75, 3.05) is 27.9 Å². The third-order valence-electron chi connectivity index (χ3n) is 10.7. The second-order valence-corrected chi connectivity index (χ2v) is 20.1. The van der Waals surface area contributed by atoms with Gasteiger partial charge in [-0.05, 0) is 81.9 Å². The molecule has 0 aliphatic heterocycles. The SMILES string of the molecule is CC(C)c1ccnc(-c2[c-]ccc3ccccc23)c1.CC(C)c1ccnc(-c2cccc3ccccc23)c1.CCO.CO.CO.CO.[Ir].[Ir].[c-]1ccsc1-c1nnc(-c2cccs2)nn1.[c-]1ccsc1-c1nnc(-c2cccs2)nn1. The molecule has 14 nitrogen and oxygen atoms in total. The molecule has 12 aromatic rings. The standard InChI is InChI=1S/C18H17N.C18H16N.2C10H5N4S2.C2H6O.3CH4O.2Ir/c2*1-13(2)15-10-11-19-18(12-15)17-9-5-7-14-6-3-4-8-16(14)17;2*1-3-7(15-5-1)9-11-13-10(14-12-9)8-4-2-6-16-8;1-2-3;3*1-2;;/h3-13H,1-2H3;3-8,10-13H,1-2H3;2*1-3,5-6H;3H,2H2,1H3;3*2H,1H3;;/q;3*-1;;;;;;. The van der Waals surface area contributed by atoms with E-state index in [4.69, 9.17) is 20.4 Å². The first kappa shape index (κ1) is 68.8. The van der Waals surface area contributed by atoms with Crippen LogP contribution in [0.1, 0.15) is 57.6 Å². The van der Waals surface area contributed by atoms with Crippen molar-refractivity contribution in [3.8, 4) is 65.3 Å². The van der Waals surface area contributed by atoms with Gasteiger partial charge in [0.1, 0.15) is 11.6 Å². The first-order chi connectivity index (χ1) is 38.8. The molecular weight excluding hydrogens is 1450 g/mol. The molecule has 20 heteroatoms. The molecule has 0 spiro atoms. The van der Waals surface area contributed by atoms with Crippen molar-refractivity contribution in [1.82, 2.24) is 50.8 Å². The van der Waals surface area contributed by atoms with Crippen molar-refractivity contribution in [2.24, 2.45) is 0 Å². The van der Waals surface area contributed by atoms with Crippen LogP contribution in [0.3, 0.4) is 0 Å². The van der Waals surface area contributed by atoms with Crippen LogP contribution < -0.4 is 0 Å². The summed E-state index contributed by atoms with van der Waals surface area (Å²) < 4.78 is 0. The van der Waals surface area contributed by atoms with Crippen LogP contribution >= 0.6 is 45.3 Å². The van der Waals surface area contributed by atoms with Gasteiger partial charge in [0.2, 0.25) is 11.6 Å². The number of rotatable bonds is 8. The van der Waals surface area contributed by atoms with E-state index >= 15 is 0 Å². The van der Waals surface area contributed by atoms with E-state index in [9.17, 15) is 0 Å². The smallest absolute Gasteiger partial charge is 0.211 e. The zero-order valence-electron chi connectivity index (χ0n) is 45.7. The molecular formula is C61H61Ir2N10O4S4-3. The molecule has 4 aromatic carbocycles. The average Bonchev–Trinajstić information content (AvgIpc) is 4.45. The summed E-state index contributed by atoms with van der Waals surface area (Å²) in [6.07, 6.45) is 3.80. The van der Waals surface area contributed by atoms with E-state index < -0.39 is 0 Å². The van der Waals surface area contributed by atoms with E-state index in [0.29, 0.717) is 35.1 Å². The van der Waals surface area contributed by atoms with Gasteiger partial charge in [-0.25, -0.2) is 22.7 Å². The Morgan fingerprint density at radius 3 is 1.30 bits per heavy atom. The van der Waals surface area contributed by atoms with Crippen molar-refractivity contribution in [3.05, 3.63) is 203 Å². The molecule has 0 aliphatic carbocycles. The Kier molecular flexibility index (Phi) is 32.5. The van der Waals surface area contributed by atoms with Gasteiger partial charge in [0.25, 0.3) is 0 Å². The van der Waals surface area contributed by atoms with Gasteiger partial charge >= 0.3 is 0 Å². The molecule has 12 rings (SSSR count). The fourth-order valence-corrected chi connectivity index (χ4v) is 9.58. The maximum absolute atomic E-state index is 7.57. The van der Waals surface area contributed by atoms with E-state index in [0.717, 1.165) is 57.8 Å². The molecule has 0 fully saturated rings. The topological polar surface area (TPSA) is 210 Å². The normalized spacial score (nSPS) is 9.80. The van der Waals surface area contributed by atoms with Crippen LogP contribution in [0.25, 0.3) is 86.9 Å². The Bertz CT molecular complexity index is 3190. The third-order valence-corrected chi connectivity index (χ3v) is 14.1. The molecule has 4 N–H and O–H groups in total. The number of hydrogen-bond acceptors (Lipinski definition) is 18. The molecule has 8 aromatic heterocycles. The van der Waals surface area contributed by atoms with Gasteiger partial charge in [0.05, 0.1) is 15.4 Å². The van der Waals surface area contributed by atoms with Gasteiger partial charge in [-0.15, -0.1) is 83.0 Å². The Balaban J connectivity index is 0.000000269. The zero-order chi connectivity index (χ0) is 56.8. The fraction of sp³-hybridized carbons (Fsp3) is 0.180. The van der Waals surface area contributed by atoms with E-state index in [-0.39, 0.29) is 46.8 Å². The molecule has 81 heavy (non-hydrogen) atoms. The molecule has 0 unspecified atom stereocenters. The molecule has 8 heterocycles. The summed E-state index contributed by atoms with van der Waals surface area (Å²) in [5.41, 5.74) is 7.00. The molecule has 0 atom stereocenters. The molecule has 0 saturated heterocycles. The number of hydrogen-bond donors (Lipinski definition) is 4. The average molecular weight is 1510 g/mol. The fourth-order valence-electron chi connectivity index (χ4n) is 7.09. The maximum Gasteiger partial charge on any atom is 0.211 e. The summed E-state index contributed by atoms with van der Waals surface area (Å²) in [6.45, 7) is 10.8. The van der Waals surface area contributed by atoms with Crippen LogP contribution in [0.15, 0.2) is 173 Å². The van der Waals surface area contributed by atoms with Crippen molar-refractivity contribution >= 4 is 66.9 Å². The quantitative estimate of drug-likeness (QED) is 0.104. The van der Waals surface area contributed by atoms with Gasteiger partial charge in [0.15, 0.2) is 0 Å². The predicted octanol–water partition coefficient (Wildman–Crippen LogP) is 13.7. The predicted molar refractivity (Wildman–Crippen MR) is 325 cm³/mol. The summed E-state index contributed by atoms with van der Waals surface area (Å²) in [4.78, 5) is 12.7. The van der Waals surface area contributed by atoms with Gasteiger partial charge in [-0.1, -0.05) is 133 Å². The molecule has 0 amide bonds. The minimum atomic E-state index is 0. The summed E-state index contributed by atoms with van der Waals surface area (Å²) in [5, 5.41) is 73.7.